The number of carbonyl (C=O) groups is 1. The SMILES string of the molecule is CN(Cc1c(F)cccc1Cl)C(=O)Nc1ccc2c(ccn2CCN2CCOCC2)c1. The van der Waals surface area contributed by atoms with E-state index in [1.165, 1.54) is 11.0 Å². The second kappa shape index (κ2) is 9.68. The average Bonchev–Trinajstić information content (AvgIpc) is 3.17. The van der Waals surface area contributed by atoms with E-state index in [4.69, 9.17) is 16.3 Å². The van der Waals surface area contributed by atoms with Gasteiger partial charge in [-0.25, -0.2) is 9.18 Å². The van der Waals surface area contributed by atoms with Crippen molar-refractivity contribution >= 4 is 34.2 Å². The van der Waals surface area contributed by atoms with Crippen molar-refractivity contribution < 1.29 is 13.9 Å². The average molecular weight is 445 g/mol. The van der Waals surface area contributed by atoms with Crippen LogP contribution in [0.4, 0.5) is 14.9 Å². The number of ether oxygens (including phenoxy) is 1. The summed E-state index contributed by atoms with van der Waals surface area (Å²) in [7, 11) is 1.61. The van der Waals surface area contributed by atoms with Crippen LogP contribution in [0.1, 0.15) is 5.56 Å². The molecular formula is C23H26ClFN4O2. The lowest BCUT2D eigenvalue weighted by molar-refractivity contribution is 0.0365. The van der Waals surface area contributed by atoms with Gasteiger partial charge in [0.1, 0.15) is 5.82 Å². The molecule has 3 aromatic rings. The maximum Gasteiger partial charge on any atom is 0.321 e. The van der Waals surface area contributed by atoms with Gasteiger partial charge in [0.15, 0.2) is 0 Å². The molecule has 2 heterocycles. The van der Waals surface area contributed by atoms with Gasteiger partial charge in [0.25, 0.3) is 0 Å². The normalized spacial score (nSPS) is 14.7. The van der Waals surface area contributed by atoms with E-state index < -0.39 is 5.82 Å². The largest absolute Gasteiger partial charge is 0.379 e. The van der Waals surface area contributed by atoms with E-state index in [-0.39, 0.29) is 12.6 Å². The Morgan fingerprint density at radius 2 is 2.00 bits per heavy atom. The number of carbonyl (C=O) groups excluding carboxylic acids is 1. The van der Waals surface area contributed by atoms with E-state index >= 15 is 0 Å². The predicted molar refractivity (Wildman–Crippen MR) is 121 cm³/mol. The van der Waals surface area contributed by atoms with Crippen LogP contribution >= 0.6 is 11.6 Å². The third kappa shape index (κ3) is 5.18. The number of anilines is 1. The number of rotatable bonds is 6. The molecule has 2 amide bonds. The van der Waals surface area contributed by atoms with Gasteiger partial charge in [-0.3, -0.25) is 4.90 Å². The number of halogens is 2. The van der Waals surface area contributed by atoms with Gasteiger partial charge in [0.2, 0.25) is 0 Å². The summed E-state index contributed by atoms with van der Waals surface area (Å²) in [6, 6.07) is 12.1. The molecule has 1 N–H and O–H groups in total. The molecule has 1 aliphatic heterocycles. The van der Waals surface area contributed by atoms with Crippen LogP contribution in [-0.4, -0.2) is 60.3 Å². The number of hydrogen-bond acceptors (Lipinski definition) is 3. The molecule has 0 radical (unpaired) electrons. The lowest BCUT2D eigenvalue weighted by atomic mass is 10.2. The molecule has 0 saturated carbocycles. The van der Waals surface area contributed by atoms with Gasteiger partial charge in [-0.2, -0.15) is 0 Å². The number of amides is 2. The van der Waals surface area contributed by atoms with Crippen molar-refractivity contribution in [1.82, 2.24) is 14.4 Å². The van der Waals surface area contributed by atoms with Gasteiger partial charge in [-0.15, -0.1) is 0 Å². The number of nitrogens with one attached hydrogen (secondary N) is 1. The Hall–Kier alpha value is -2.61. The fourth-order valence-electron chi connectivity index (χ4n) is 3.76. The first-order chi connectivity index (χ1) is 15.0. The zero-order valence-electron chi connectivity index (χ0n) is 17.5. The van der Waals surface area contributed by atoms with E-state index in [0.29, 0.717) is 16.3 Å². The summed E-state index contributed by atoms with van der Waals surface area (Å²) in [5.41, 5.74) is 2.11. The Labute approximate surface area is 186 Å². The zero-order chi connectivity index (χ0) is 21.8. The lowest BCUT2D eigenvalue weighted by Gasteiger charge is -2.26. The maximum atomic E-state index is 14.0. The highest BCUT2D eigenvalue weighted by atomic mass is 35.5. The Morgan fingerprint density at radius 3 is 2.77 bits per heavy atom. The van der Waals surface area contributed by atoms with Crippen molar-refractivity contribution in [2.24, 2.45) is 0 Å². The van der Waals surface area contributed by atoms with Gasteiger partial charge >= 0.3 is 6.03 Å². The minimum Gasteiger partial charge on any atom is -0.379 e. The molecule has 31 heavy (non-hydrogen) atoms. The van der Waals surface area contributed by atoms with E-state index in [0.717, 1.165) is 50.3 Å². The predicted octanol–water partition coefficient (Wildman–Crippen LogP) is 4.43. The van der Waals surface area contributed by atoms with Crippen molar-refractivity contribution in [3.63, 3.8) is 0 Å². The van der Waals surface area contributed by atoms with Crippen molar-refractivity contribution in [3.05, 3.63) is 65.1 Å². The molecule has 0 bridgehead atoms. The fraction of sp³-hybridized carbons (Fsp3) is 0.348. The molecule has 6 nitrogen and oxygen atoms in total. The third-order valence-electron chi connectivity index (χ3n) is 5.59. The minimum absolute atomic E-state index is 0.0809. The van der Waals surface area contributed by atoms with Crippen LogP contribution in [0.25, 0.3) is 10.9 Å². The molecule has 0 spiro atoms. The second-order valence-corrected chi connectivity index (χ2v) is 8.13. The summed E-state index contributed by atoms with van der Waals surface area (Å²) in [5, 5.41) is 4.24. The Bertz CT molecular complexity index is 1040. The quantitative estimate of drug-likeness (QED) is 0.612. The number of benzene rings is 2. The van der Waals surface area contributed by atoms with E-state index in [1.807, 2.05) is 24.3 Å². The molecule has 0 atom stereocenters. The summed E-state index contributed by atoms with van der Waals surface area (Å²) in [6.45, 7) is 5.51. The first kappa shape index (κ1) is 21.6. The van der Waals surface area contributed by atoms with Gasteiger partial charge in [0, 0.05) is 66.6 Å². The first-order valence-electron chi connectivity index (χ1n) is 10.4. The van der Waals surface area contributed by atoms with Crippen LogP contribution in [0.15, 0.2) is 48.7 Å². The third-order valence-corrected chi connectivity index (χ3v) is 5.94. The highest BCUT2D eigenvalue weighted by Gasteiger charge is 2.15. The molecule has 1 fully saturated rings. The minimum atomic E-state index is -0.424. The number of fused-ring (bicyclic) bond motifs is 1. The van der Waals surface area contributed by atoms with Crippen LogP contribution in [0.5, 0.6) is 0 Å². The van der Waals surface area contributed by atoms with Gasteiger partial charge < -0.3 is 19.5 Å². The number of aromatic nitrogens is 1. The van der Waals surface area contributed by atoms with E-state index in [2.05, 4.69) is 21.0 Å². The number of nitrogens with zero attached hydrogens (tertiary/aromatic N) is 3. The standard InChI is InChI=1S/C23H26ClFN4O2/c1-27(16-19-20(24)3-2-4-21(19)25)23(30)26-18-5-6-22-17(15-18)7-8-29(22)10-9-28-11-13-31-14-12-28/h2-8,15H,9-14,16H2,1H3,(H,26,30). The molecule has 1 aromatic heterocycles. The van der Waals surface area contributed by atoms with Gasteiger partial charge in [-0.1, -0.05) is 17.7 Å². The molecule has 0 aliphatic carbocycles. The lowest BCUT2D eigenvalue weighted by Crippen LogP contribution is -2.38. The number of hydrogen-bond donors (Lipinski definition) is 1. The monoisotopic (exact) mass is 444 g/mol. The smallest absolute Gasteiger partial charge is 0.321 e. The molecule has 8 heteroatoms. The summed E-state index contributed by atoms with van der Waals surface area (Å²) in [5.74, 6) is -0.424. The van der Waals surface area contributed by atoms with Crippen LogP contribution in [0, 0.1) is 5.82 Å². The van der Waals surface area contributed by atoms with Crippen LogP contribution < -0.4 is 5.32 Å². The molecule has 0 unspecified atom stereocenters. The molecule has 1 aliphatic rings. The fourth-order valence-corrected chi connectivity index (χ4v) is 3.98. The first-order valence-corrected chi connectivity index (χ1v) is 10.7. The van der Waals surface area contributed by atoms with Crippen molar-refractivity contribution in [2.75, 3.05) is 45.2 Å². The van der Waals surface area contributed by atoms with Gasteiger partial charge in [0.05, 0.1) is 19.8 Å². The summed E-state index contributed by atoms with van der Waals surface area (Å²) in [6.07, 6.45) is 2.07. The Balaban J connectivity index is 1.38. The van der Waals surface area contributed by atoms with E-state index in [9.17, 15) is 9.18 Å². The van der Waals surface area contributed by atoms with Crippen LogP contribution in [0.3, 0.4) is 0 Å². The number of urea groups is 1. The van der Waals surface area contributed by atoms with Crippen LogP contribution in [0.2, 0.25) is 5.02 Å². The Morgan fingerprint density at radius 1 is 1.19 bits per heavy atom. The molecule has 2 aromatic carbocycles. The van der Waals surface area contributed by atoms with Gasteiger partial charge in [-0.05, 0) is 36.4 Å². The zero-order valence-corrected chi connectivity index (χ0v) is 18.2. The highest BCUT2D eigenvalue weighted by molar-refractivity contribution is 6.31. The topological polar surface area (TPSA) is 49.7 Å². The number of morpholine rings is 1. The van der Waals surface area contributed by atoms with Crippen molar-refractivity contribution in [1.29, 1.82) is 0 Å². The summed E-state index contributed by atoms with van der Waals surface area (Å²) in [4.78, 5) is 16.4. The second-order valence-electron chi connectivity index (χ2n) is 7.72. The van der Waals surface area contributed by atoms with Crippen molar-refractivity contribution in [2.45, 2.75) is 13.1 Å². The Kier molecular flexibility index (Phi) is 6.75. The summed E-state index contributed by atoms with van der Waals surface area (Å²) >= 11 is 6.07. The maximum absolute atomic E-state index is 14.0. The van der Waals surface area contributed by atoms with Crippen molar-refractivity contribution in [3.8, 4) is 0 Å². The van der Waals surface area contributed by atoms with E-state index in [1.54, 1.807) is 19.2 Å². The molecule has 1 saturated heterocycles. The molecular weight excluding hydrogens is 419 g/mol. The summed E-state index contributed by atoms with van der Waals surface area (Å²) < 4.78 is 21.6. The van der Waals surface area contributed by atoms with Crippen LogP contribution in [-0.2, 0) is 17.8 Å². The molecule has 4 rings (SSSR count). The molecule has 164 valence electrons. The highest BCUT2D eigenvalue weighted by Crippen LogP contribution is 2.23.